The summed E-state index contributed by atoms with van der Waals surface area (Å²) in [7, 11) is 0. The molecule has 0 bridgehead atoms. The van der Waals surface area contributed by atoms with Gasteiger partial charge in [-0.25, -0.2) is 0 Å². The lowest BCUT2D eigenvalue weighted by molar-refractivity contribution is 0.556. The SMILES string of the molecule is CC(C)(CNc1ccc(C#N)cc1N)c1ccncc1. The second-order valence-electron chi connectivity index (χ2n) is 5.39. The molecule has 0 aliphatic heterocycles. The molecule has 0 aliphatic carbocycles. The van der Waals surface area contributed by atoms with Crippen molar-refractivity contribution in [2.24, 2.45) is 0 Å². The van der Waals surface area contributed by atoms with Crippen molar-refractivity contribution in [3.05, 3.63) is 53.9 Å². The van der Waals surface area contributed by atoms with Crippen molar-refractivity contribution < 1.29 is 0 Å². The van der Waals surface area contributed by atoms with Crippen LogP contribution in [0, 0.1) is 11.3 Å². The largest absolute Gasteiger partial charge is 0.397 e. The van der Waals surface area contributed by atoms with E-state index in [1.165, 1.54) is 5.56 Å². The lowest BCUT2D eigenvalue weighted by Gasteiger charge is -2.26. The molecule has 0 radical (unpaired) electrons. The predicted molar refractivity (Wildman–Crippen MR) is 81.3 cm³/mol. The van der Waals surface area contributed by atoms with Gasteiger partial charge >= 0.3 is 0 Å². The second kappa shape index (κ2) is 5.62. The van der Waals surface area contributed by atoms with E-state index in [1.54, 1.807) is 24.5 Å². The third-order valence-corrected chi connectivity index (χ3v) is 3.36. The Hall–Kier alpha value is -2.54. The lowest BCUT2D eigenvalue weighted by Crippen LogP contribution is -2.27. The van der Waals surface area contributed by atoms with Gasteiger partial charge in [-0.05, 0) is 35.9 Å². The van der Waals surface area contributed by atoms with E-state index in [-0.39, 0.29) is 5.41 Å². The molecule has 4 nitrogen and oxygen atoms in total. The summed E-state index contributed by atoms with van der Waals surface area (Å²) < 4.78 is 0. The van der Waals surface area contributed by atoms with Crippen LogP contribution in [0.1, 0.15) is 25.0 Å². The van der Waals surface area contributed by atoms with Crippen molar-refractivity contribution in [2.75, 3.05) is 17.6 Å². The highest BCUT2D eigenvalue weighted by atomic mass is 14.9. The van der Waals surface area contributed by atoms with Gasteiger partial charge in [0.2, 0.25) is 0 Å². The quantitative estimate of drug-likeness (QED) is 0.834. The van der Waals surface area contributed by atoms with Gasteiger partial charge in [0.1, 0.15) is 0 Å². The number of nitrogens with two attached hydrogens (primary N) is 1. The summed E-state index contributed by atoms with van der Waals surface area (Å²) in [5.74, 6) is 0. The molecule has 1 heterocycles. The molecule has 1 aromatic carbocycles. The van der Waals surface area contributed by atoms with E-state index in [1.807, 2.05) is 18.2 Å². The minimum Gasteiger partial charge on any atom is -0.397 e. The fraction of sp³-hybridized carbons (Fsp3) is 0.250. The third-order valence-electron chi connectivity index (χ3n) is 3.36. The summed E-state index contributed by atoms with van der Waals surface area (Å²) in [6.45, 7) is 5.07. The number of benzene rings is 1. The van der Waals surface area contributed by atoms with E-state index in [4.69, 9.17) is 11.0 Å². The smallest absolute Gasteiger partial charge is 0.0992 e. The number of nitrogens with one attached hydrogen (secondary N) is 1. The van der Waals surface area contributed by atoms with Gasteiger partial charge in [0, 0.05) is 24.4 Å². The molecule has 2 aromatic rings. The number of pyridine rings is 1. The van der Waals surface area contributed by atoms with Crippen LogP contribution in [-0.2, 0) is 5.41 Å². The van der Waals surface area contributed by atoms with Crippen LogP contribution in [0.4, 0.5) is 11.4 Å². The van der Waals surface area contributed by atoms with Crippen molar-refractivity contribution in [3.8, 4) is 6.07 Å². The van der Waals surface area contributed by atoms with Gasteiger partial charge in [0.15, 0.2) is 0 Å². The average molecular weight is 266 g/mol. The van der Waals surface area contributed by atoms with Gasteiger partial charge in [-0.3, -0.25) is 4.98 Å². The van der Waals surface area contributed by atoms with E-state index >= 15 is 0 Å². The number of hydrogen-bond acceptors (Lipinski definition) is 4. The molecule has 0 unspecified atom stereocenters. The van der Waals surface area contributed by atoms with E-state index in [0.717, 1.165) is 12.2 Å². The van der Waals surface area contributed by atoms with E-state index in [0.29, 0.717) is 11.3 Å². The van der Waals surface area contributed by atoms with Gasteiger partial charge in [0.25, 0.3) is 0 Å². The molecule has 3 N–H and O–H groups in total. The Kier molecular flexibility index (Phi) is 3.90. The molecule has 4 heteroatoms. The summed E-state index contributed by atoms with van der Waals surface area (Å²) in [6.07, 6.45) is 3.60. The van der Waals surface area contributed by atoms with Crippen molar-refractivity contribution in [3.63, 3.8) is 0 Å². The first-order valence-corrected chi connectivity index (χ1v) is 6.47. The number of nitrogens with zero attached hydrogens (tertiary/aromatic N) is 2. The van der Waals surface area contributed by atoms with E-state index < -0.39 is 0 Å². The zero-order valence-electron chi connectivity index (χ0n) is 11.7. The molecule has 0 fully saturated rings. The van der Waals surface area contributed by atoms with Crippen molar-refractivity contribution in [2.45, 2.75) is 19.3 Å². The van der Waals surface area contributed by atoms with Gasteiger partial charge in [0.05, 0.1) is 23.0 Å². The summed E-state index contributed by atoms with van der Waals surface area (Å²) in [5.41, 5.74) is 9.13. The summed E-state index contributed by atoms with van der Waals surface area (Å²) in [5, 5.41) is 12.2. The Labute approximate surface area is 119 Å². The van der Waals surface area contributed by atoms with Crippen LogP contribution in [0.15, 0.2) is 42.7 Å². The first kappa shape index (κ1) is 13.9. The molecule has 2 rings (SSSR count). The Morgan fingerprint density at radius 2 is 1.95 bits per heavy atom. The molecule has 102 valence electrons. The first-order valence-electron chi connectivity index (χ1n) is 6.47. The average Bonchev–Trinajstić information content (AvgIpc) is 2.47. The molecular formula is C16H18N4. The number of aromatic nitrogens is 1. The molecular weight excluding hydrogens is 248 g/mol. The van der Waals surface area contributed by atoms with Crippen LogP contribution in [0.5, 0.6) is 0 Å². The van der Waals surface area contributed by atoms with E-state index in [2.05, 4.69) is 30.2 Å². The standard InChI is InChI=1S/C16H18N4/c1-16(2,13-5-7-19-8-6-13)11-20-15-4-3-12(10-17)9-14(15)18/h3-9,20H,11,18H2,1-2H3. The van der Waals surface area contributed by atoms with Crippen LogP contribution >= 0.6 is 0 Å². The highest BCUT2D eigenvalue weighted by Crippen LogP contribution is 2.25. The highest BCUT2D eigenvalue weighted by molar-refractivity contribution is 5.68. The number of anilines is 2. The molecule has 20 heavy (non-hydrogen) atoms. The number of nitriles is 1. The number of hydrogen-bond donors (Lipinski definition) is 2. The van der Waals surface area contributed by atoms with Crippen LogP contribution in [-0.4, -0.2) is 11.5 Å². The summed E-state index contributed by atoms with van der Waals surface area (Å²) in [6, 6.07) is 11.4. The second-order valence-corrected chi connectivity index (χ2v) is 5.39. The third kappa shape index (κ3) is 3.07. The number of nitrogen functional groups attached to an aromatic ring is 1. The minimum absolute atomic E-state index is 0.0384. The van der Waals surface area contributed by atoms with Gasteiger partial charge in [-0.15, -0.1) is 0 Å². The zero-order chi connectivity index (χ0) is 14.6. The van der Waals surface area contributed by atoms with Gasteiger partial charge in [-0.1, -0.05) is 13.8 Å². The van der Waals surface area contributed by atoms with Gasteiger partial charge < -0.3 is 11.1 Å². The Balaban J connectivity index is 2.11. The normalized spacial score (nSPS) is 10.8. The molecule has 0 spiro atoms. The van der Waals surface area contributed by atoms with Crippen molar-refractivity contribution >= 4 is 11.4 Å². The minimum atomic E-state index is -0.0384. The monoisotopic (exact) mass is 266 g/mol. The molecule has 0 saturated heterocycles. The molecule has 0 amide bonds. The Morgan fingerprint density at radius 3 is 2.55 bits per heavy atom. The van der Waals surface area contributed by atoms with Crippen molar-refractivity contribution in [1.29, 1.82) is 5.26 Å². The molecule has 1 aromatic heterocycles. The predicted octanol–water partition coefficient (Wildman–Crippen LogP) is 2.93. The van der Waals surface area contributed by atoms with Crippen LogP contribution in [0.2, 0.25) is 0 Å². The fourth-order valence-corrected chi connectivity index (χ4v) is 2.01. The Morgan fingerprint density at radius 1 is 1.25 bits per heavy atom. The maximum absolute atomic E-state index is 8.83. The van der Waals surface area contributed by atoms with Gasteiger partial charge in [-0.2, -0.15) is 5.26 Å². The van der Waals surface area contributed by atoms with Crippen LogP contribution in [0.25, 0.3) is 0 Å². The number of rotatable bonds is 4. The van der Waals surface area contributed by atoms with Crippen LogP contribution < -0.4 is 11.1 Å². The zero-order valence-corrected chi connectivity index (χ0v) is 11.7. The van der Waals surface area contributed by atoms with Crippen molar-refractivity contribution in [1.82, 2.24) is 4.98 Å². The van der Waals surface area contributed by atoms with E-state index in [9.17, 15) is 0 Å². The van der Waals surface area contributed by atoms with Crippen LogP contribution in [0.3, 0.4) is 0 Å². The maximum atomic E-state index is 8.83. The molecule has 0 aliphatic rings. The molecule has 0 atom stereocenters. The summed E-state index contributed by atoms with van der Waals surface area (Å²) in [4.78, 5) is 4.04. The first-order chi connectivity index (χ1) is 9.53. The molecule has 0 saturated carbocycles. The topological polar surface area (TPSA) is 74.7 Å². The maximum Gasteiger partial charge on any atom is 0.0992 e. The summed E-state index contributed by atoms with van der Waals surface area (Å²) >= 11 is 0. The fourth-order valence-electron chi connectivity index (χ4n) is 2.01. The lowest BCUT2D eigenvalue weighted by atomic mass is 9.85. The Bertz CT molecular complexity index is 627. The highest BCUT2D eigenvalue weighted by Gasteiger charge is 2.20.